The van der Waals surface area contributed by atoms with E-state index in [1.165, 1.54) is 107 Å². The average molecular weight is 418 g/mol. The molecule has 0 aromatic heterocycles. The zero-order valence-electron chi connectivity index (χ0n) is 18.1. The van der Waals surface area contributed by atoms with Gasteiger partial charge in [-0.05, 0) is 83.4 Å². The first-order valence-electron chi connectivity index (χ1n) is 12.0. The van der Waals surface area contributed by atoms with Gasteiger partial charge in [0.1, 0.15) is 5.75 Å². The predicted molar refractivity (Wildman–Crippen MR) is 125 cm³/mol. The van der Waals surface area contributed by atoms with Crippen molar-refractivity contribution in [2.75, 3.05) is 69.6 Å². The van der Waals surface area contributed by atoms with Crippen molar-refractivity contribution in [3.63, 3.8) is 0 Å². The van der Waals surface area contributed by atoms with Gasteiger partial charge in [-0.15, -0.1) is 11.8 Å². The Morgan fingerprint density at radius 1 is 0.759 bits per heavy atom. The fourth-order valence-corrected chi connectivity index (χ4v) is 5.94. The fraction of sp³-hybridized carbons (Fsp3) is 0.750. The lowest BCUT2D eigenvalue weighted by Crippen LogP contribution is -2.35. The van der Waals surface area contributed by atoms with E-state index in [2.05, 4.69) is 32.9 Å². The molecular weight excluding hydrogens is 378 g/mol. The van der Waals surface area contributed by atoms with Gasteiger partial charge < -0.3 is 19.4 Å². The number of hydrogen-bond donors (Lipinski definition) is 0. The van der Waals surface area contributed by atoms with Gasteiger partial charge >= 0.3 is 0 Å². The van der Waals surface area contributed by atoms with Gasteiger partial charge in [0.25, 0.3) is 0 Å². The van der Waals surface area contributed by atoms with E-state index in [-0.39, 0.29) is 0 Å². The lowest BCUT2D eigenvalue weighted by atomic mass is 10.1. The maximum absolute atomic E-state index is 6.14. The SMILES string of the molecule is c1cc2c(cc1OCCCN1CCCCC1)N(CCCN1CCCCC1)CCS2. The second-order valence-electron chi connectivity index (χ2n) is 8.83. The molecule has 0 bridgehead atoms. The first kappa shape index (κ1) is 21.3. The molecular formula is C24H39N3OS. The Labute approximate surface area is 181 Å². The number of ether oxygens (including phenoxy) is 1. The summed E-state index contributed by atoms with van der Waals surface area (Å²) in [6.07, 6.45) is 10.8. The van der Waals surface area contributed by atoms with Gasteiger partial charge in [0, 0.05) is 36.3 Å². The maximum Gasteiger partial charge on any atom is 0.121 e. The molecule has 29 heavy (non-hydrogen) atoms. The zero-order chi connectivity index (χ0) is 19.7. The fourth-order valence-electron chi connectivity index (χ4n) is 4.90. The Hall–Kier alpha value is -0.910. The monoisotopic (exact) mass is 417 g/mol. The van der Waals surface area contributed by atoms with E-state index < -0.39 is 0 Å². The summed E-state index contributed by atoms with van der Waals surface area (Å²) in [7, 11) is 0. The summed E-state index contributed by atoms with van der Waals surface area (Å²) in [5.74, 6) is 2.25. The standard InChI is InChI=1S/C24H39N3OS/c1-3-11-25(12-4-1)15-7-17-27-18-20-29-24-10-9-22(21-23(24)27)28-19-8-16-26-13-5-2-6-14-26/h9-10,21H,1-8,11-20H2. The van der Waals surface area contributed by atoms with Crippen molar-refractivity contribution >= 4 is 17.4 Å². The number of hydrogen-bond acceptors (Lipinski definition) is 5. The molecule has 4 rings (SSSR count). The quantitative estimate of drug-likeness (QED) is 0.539. The van der Waals surface area contributed by atoms with Crippen molar-refractivity contribution in [3.05, 3.63) is 18.2 Å². The molecule has 3 aliphatic heterocycles. The smallest absolute Gasteiger partial charge is 0.121 e. The third-order valence-electron chi connectivity index (χ3n) is 6.58. The third kappa shape index (κ3) is 6.53. The maximum atomic E-state index is 6.14. The van der Waals surface area contributed by atoms with Crippen LogP contribution < -0.4 is 9.64 Å². The summed E-state index contributed by atoms with van der Waals surface area (Å²) in [6.45, 7) is 10.8. The highest BCUT2D eigenvalue weighted by Crippen LogP contribution is 2.37. The molecule has 2 fully saturated rings. The van der Waals surface area contributed by atoms with Crippen LogP contribution in [0, 0.1) is 0 Å². The topological polar surface area (TPSA) is 19.0 Å². The number of anilines is 1. The minimum absolute atomic E-state index is 0.831. The van der Waals surface area contributed by atoms with Crippen molar-refractivity contribution in [1.29, 1.82) is 0 Å². The minimum atomic E-state index is 0.831. The average Bonchev–Trinajstić information content (AvgIpc) is 2.78. The minimum Gasteiger partial charge on any atom is -0.493 e. The summed E-state index contributed by atoms with van der Waals surface area (Å²) < 4.78 is 6.14. The summed E-state index contributed by atoms with van der Waals surface area (Å²) in [5.41, 5.74) is 1.40. The molecule has 5 heteroatoms. The van der Waals surface area contributed by atoms with Crippen molar-refractivity contribution in [3.8, 4) is 5.75 Å². The van der Waals surface area contributed by atoms with E-state index in [1.54, 1.807) is 0 Å². The normalized spacial score (nSPS) is 21.2. The highest BCUT2D eigenvalue weighted by atomic mass is 32.2. The Morgan fingerprint density at radius 2 is 1.45 bits per heavy atom. The molecule has 4 nitrogen and oxygen atoms in total. The van der Waals surface area contributed by atoms with E-state index >= 15 is 0 Å². The molecule has 3 aliphatic rings. The number of nitrogens with zero attached hydrogens (tertiary/aromatic N) is 3. The number of piperidine rings is 2. The molecule has 1 aromatic carbocycles. The van der Waals surface area contributed by atoms with E-state index in [9.17, 15) is 0 Å². The van der Waals surface area contributed by atoms with Gasteiger partial charge in [0.15, 0.2) is 0 Å². The Morgan fingerprint density at radius 3 is 2.17 bits per heavy atom. The van der Waals surface area contributed by atoms with Crippen LogP contribution in [0.2, 0.25) is 0 Å². The van der Waals surface area contributed by atoms with Crippen molar-refractivity contribution in [1.82, 2.24) is 9.80 Å². The zero-order valence-corrected chi connectivity index (χ0v) is 18.9. The van der Waals surface area contributed by atoms with E-state index in [4.69, 9.17) is 4.74 Å². The van der Waals surface area contributed by atoms with Crippen LogP contribution in [0.1, 0.15) is 51.4 Å². The molecule has 0 atom stereocenters. The molecule has 3 heterocycles. The highest BCUT2D eigenvalue weighted by Gasteiger charge is 2.19. The molecule has 1 aromatic rings. The first-order valence-corrected chi connectivity index (χ1v) is 13.0. The number of rotatable bonds is 9. The van der Waals surface area contributed by atoms with Crippen molar-refractivity contribution in [2.24, 2.45) is 0 Å². The molecule has 0 saturated carbocycles. The lowest BCUT2D eigenvalue weighted by molar-refractivity contribution is 0.205. The van der Waals surface area contributed by atoms with Crippen molar-refractivity contribution in [2.45, 2.75) is 56.3 Å². The van der Waals surface area contributed by atoms with Crippen LogP contribution in [0.15, 0.2) is 23.1 Å². The second kappa shape index (κ2) is 11.5. The molecule has 0 spiro atoms. The van der Waals surface area contributed by atoms with Crippen LogP contribution in [0.3, 0.4) is 0 Å². The van der Waals surface area contributed by atoms with E-state index in [0.717, 1.165) is 25.3 Å². The number of likely N-dealkylation sites (tertiary alicyclic amines) is 2. The second-order valence-corrected chi connectivity index (χ2v) is 9.96. The Balaban J connectivity index is 1.23. The first-order chi connectivity index (χ1) is 14.4. The summed E-state index contributed by atoms with van der Waals surface area (Å²) in [5, 5.41) is 0. The van der Waals surface area contributed by atoms with Crippen LogP contribution in [0.25, 0.3) is 0 Å². The van der Waals surface area contributed by atoms with Crippen LogP contribution in [0.4, 0.5) is 5.69 Å². The van der Waals surface area contributed by atoms with Crippen LogP contribution in [-0.2, 0) is 0 Å². The Bertz CT molecular complexity index is 614. The van der Waals surface area contributed by atoms with Crippen LogP contribution in [0.5, 0.6) is 5.75 Å². The van der Waals surface area contributed by atoms with Gasteiger partial charge in [-0.3, -0.25) is 0 Å². The molecule has 0 amide bonds. The summed E-state index contributed by atoms with van der Waals surface area (Å²) in [4.78, 5) is 9.27. The molecule has 2 saturated heterocycles. The molecule has 0 N–H and O–H groups in total. The van der Waals surface area contributed by atoms with Crippen molar-refractivity contribution < 1.29 is 4.74 Å². The van der Waals surface area contributed by atoms with Gasteiger partial charge in [-0.25, -0.2) is 0 Å². The molecule has 0 unspecified atom stereocenters. The van der Waals surface area contributed by atoms with Gasteiger partial charge in [-0.1, -0.05) is 12.8 Å². The highest BCUT2D eigenvalue weighted by molar-refractivity contribution is 7.99. The summed E-state index contributed by atoms with van der Waals surface area (Å²) in [6, 6.07) is 6.74. The van der Waals surface area contributed by atoms with E-state index in [1.807, 2.05) is 11.8 Å². The van der Waals surface area contributed by atoms with E-state index in [0.29, 0.717) is 0 Å². The largest absolute Gasteiger partial charge is 0.493 e. The predicted octanol–water partition coefficient (Wildman–Crippen LogP) is 4.73. The lowest BCUT2D eigenvalue weighted by Gasteiger charge is -2.33. The Kier molecular flexibility index (Phi) is 8.44. The molecule has 0 aliphatic carbocycles. The number of fused-ring (bicyclic) bond motifs is 1. The van der Waals surface area contributed by atoms with Gasteiger partial charge in [0.05, 0.1) is 12.3 Å². The van der Waals surface area contributed by atoms with Crippen LogP contribution in [-0.4, -0.2) is 74.5 Å². The third-order valence-corrected chi connectivity index (χ3v) is 7.62. The molecule has 0 radical (unpaired) electrons. The van der Waals surface area contributed by atoms with Gasteiger partial charge in [0.2, 0.25) is 0 Å². The number of benzene rings is 1. The summed E-state index contributed by atoms with van der Waals surface area (Å²) >= 11 is 2.00. The number of thioether (sulfide) groups is 1. The van der Waals surface area contributed by atoms with Gasteiger partial charge in [-0.2, -0.15) is 0 Å². The molecule has 162 valence electrons. The van der Waals surface area contributed by atoms with Crippen LogP contribution >= 0.6 is 11.8 Å².